The predicted molar refractivity (Wildman–Crippen MR) is 225 cm³/mol. The number of carbonyl (C=O) groups is 1. The van der Waals surface area contributed by atoms with Gasteiger partial charge in [0.1, 0.15) is 17.9 Å². The molecule has 0 aliphatic carbocycles. The Labute approximate surface area is 320 Å². The van der Waals surface area contributed by atoms with Gasteiger partial charge in [-0.2, -0.15) is 0 Å². The third-order valence-electron chi connectivity index (χ3n) is 8.44. The number of aryl methyl sites for hydroxylation is 3. The molecule has 0 atom stereocenters. The zero-order valence-corrected chi connectivity index (χ0v) is 30.8. The number of aromatic amines is 2. The maximum atomic E-state index is 10.1. The number of H-pyrrole nitrogens is 2. The lowest BCUT2D eigenvalue weighted by molar-refractivity contribution is 0.112. The first-order valence-corrected chi connectivity index (χ1v) is 17.3. The van der Waals surface area contributed by atoms with Gasteiger partial charge < -0.3 is 27.2 Å². The first-order valence-electron chi connectivity index (χ1n) is 17.3. The third-order valence-corrected chi connectivity index (χ3v) is 8.44. The molecule has 10 heteroatoms. The van der Waals surface area contributed by atoms with Crippen LogP contribution < -0.4 is 17.2 Å². The van der Waals surface area contributed by atoms with Crippen molar-refractivity contribution < 1.29 is 4.79 Å². The number of imidazole rings is 2. The third kappa shape index (κ3) is 10.5. The zero-order valence-electron chi connectivity index (χ0n) is 30.8. The number of fused-ring (bicyclic) bond motifs is 2. The second-order valence-corrected chi connectivity index (χ2v) is 12.7. The highest BCUT2D eigenvalue weighted by Gasteiger charge is 2.07. The average molecular weight is 724 g/mol. The van der Waals surface area contributed by atoms with Crippen molar-refractivity contribution in [2.24, 2.45) is 5.73 Å². The molecule has 6 aromatic carbocycles. The second kappa shape index (κ2) is 18.3. The molecule has 0 saturated heterocycles. The Morgan fingerprint density at radius 2 is 1.04 bits per heavy atom. The van der Waals surface area contributed by atoms with Crippen molar-refractivity contribution in [2.45, 2.75) is 27.3 Å². The largest absolute Gasteiger partial charge is 0.398 e. The van der Waals surface area contributed by atoms with Gasteiger partial charge in [-0.1, -0.05) is 108 Å². The first kappa shape index (κ1) is 38.7. The highest BCUT2D eigenvalue weighted by atomic mass is 16.1. The van der Waals surface area contributed by atoms with Crippen molar-refractivity contribution in [3.63, 3.8) is 0 Å². The molecule has 0 aliphatic heterocycles. The molecular weight excluding hydrogens is 683 g/mol. The number of nitrogens with two attached hydrogens (primary N) is 3. The standard InChI is InChI=1S/C15H11N3.C15H15N3.C8H8O.C7H7N3/c1-10-3-5-11(6-4-10)15-17-13-8-7-12(16-2)9-14(13)18-15;1-10-2-5-12(6-3-10)15-17-13-7-4-11(9-16)8-14(13)18-15;1-7-2-4-8(6-9)5-3-7;1-10-5-2-3-6(8)7(9)4-5/h3-9H,1H3,(H,17,18);2-8H,9,16H2,1H3,(H,17,18);2-6H,1H3;2-4H,8-9H2. The number of nitrogen functional groups attached to an aromatic ring is 2. The van der Waals surface area contributed by atoms with Crippen LogP contribution in [0.15, 0.2) is 127 Å². The normalized spacial score (nSPS) is 10.1. The molecule has 8 N–H and O–H groups in total. The van der Waals surface area contributed by atoms with Crippen LogP contribution in [0.5, 0.6) is 0 Å². The Balaban J connectivity index is 0.000000147. The summed E-state index contributed by atoms with van der Waals surface area (Å²) in [6.07, 6.45) is 0.847. The summed E-state index contributed by atoms with van der Waals surface area (Å²) in [6.45, 7) is 20.3. The summed E-state index contributed by atoms with van der Waals surface area (Å²) >= 11 is 0. The number of nitrogens with one attached hydrogen (secondary N) is 2. The van der Waals surface area contributed by atoms with E-state index in [4.69, 9.17) is 30.3 Å². The van der Waals surface area contributed by atoms with Gasteiger partial charge in [0.2, 0.25) is 0 Å². The summed E-state index contributed by atoms with van der Waals surface area (Å²) in [7, 11) is 0. The molecule has 0 aliphatic rings. The van der Waals surface area contributed by atoms with E-state index in [2.05, 4.69) is 85.9 Å². The van der Waals surface area contributed by atoms with Crippen LogP contribution in [0.25, 0.3) is 54.5 Å². The Hall–Kier alpha value is -7.53. The Morgan fingerprint density at radius 3 is 1.51 bits per heavy atom. The molecule has 0 amide bonds. The predicted octanol–water partition coefficient (Wildman–Crippen LogP) is 10.3. The minimum atomic E-state index is 0.466. The van der Waals surface area contributed by atoms with Crippen molar-refractivity contribution in [2.75, 3.05) is 11.5 Å². The van der Waals surface area contributed by atoms with Gasteiger partial charge in [0.25, 0.3) is 0 Å². The molecular formula is C45H41N9O. The van der Waals surface area contributed by atoms with Crippen LogP contribution in [0.3, 0.4) is 0 Å². The molecule has 0 fully saturated rings. The molecule has 8 aromatic rings. The van der Waals surface area contributed by atoms with E-state index in [1.807, 2.05) is 67.6 Å². The van der Waals surface area contributed by atoms with Crippen molar-refractivity contribution in [1.29, 1.82) is 0 Å². The number of rotatable bonds is 4. The fraction of sp³-hybridized carbons (Fsp3) is 0.0889. The summed E-state index contributed by atoms with van der Waals surface area (Å²) in [6, 6.07) is 40.4. The summed E-state index contributed by atoms with van der Waals surface area (Å²) in [5.74, 6) is 1.74. The monoisotopic (exact) mass is 723 g/mol. The van der Waals surface area contributed by atoms with Crippen LogP contribution in [0.1, 0.15) is 32.6 Å². The smallest absolute Gasteiger partial charge is 0.189 e. The number of benzene rings is 6. The number of aldehydes is 1. The molecule has 0 spiro atoms. The van der Waals surface area contributed by atoms with Crippen LogP contribution in [-0.4, -0.2) is 26.2 Å². The SMILES string of the molecule is Cc1ccc(-c2nc3ccc(CN)cc3[nH]2)cc1.Cc1ccc(C=O)cc1.[C-]#[N+]c1ccc(N)c(N)c1.[C-]#[N+]c1ccc2nc(-c3ccc(C)cc3)[nH]c2c1. The molecule has 2 aromatic heterocycles. The van der Waals surface area contributed by atoms with Gasteiger partial charge in [-0.05, 0) is 62.7 Å². The highest BCUT2D eigenvalue weighted by molar-refractivity contribution is 5.83. The van der Waals surface area contributed by atoms with Gasteiger partial charge >= 0.3 is 0 Å². The van der Waals surface area contributed by atoms with Crippen LogP contribution >= 0.6 is 0 Å². The topological polar surface area (TPSA) is 161 Å². The highest BCUT2D eigenvalue weighted by Crippen LogP contribution is 2.25. The molecule has 0 saturated carbocycles. The van der Waals surface area contributed by atoms with Gasteiger partial charge in [-0.25, -0.2) is 19.7 Å². The van der Waals surface area contributed by atoms with Crippen molar-refractivity contribution in [3.8, 4) is 22.8 Å². The van der Waals surface area contributed by atoms with Gasteiger partial charge in [0.15, 0.2) is 11.4 Å². The molecule has 0 radical (unpaired) electrons. The Morgan fingerprint density at radius 1 is 0.582 bits per heavy atom. The van der Waals surface area contributed by atoms with Gasteiger partial charge in [0.05, 0.1) is 40.9 Å². The number of carbonyl (C=O) groups excluding carboxylic acids is 1. The average Bonchev–Trinajstić information content (AvgIpc) is 3.84. The fourth-order valence-electron chi connectivity index (χ4n) is 5.22. The van der Waals surface area contributed by atoms with E-state index in [1.54, 1.807) is 24.3 Å². The van der Waals surface area contributed by atoms with Gasteiger partial charge in [-0.3, -0.25) is 4.79 Å². The Kier molecular flexibility index (Phi) is 12.9. The second-order valence-electron chi connectivity index (χ2n) is 12.7. The lowest BCUT2D eigenvalue weighted by atomic mass is 10.1. The van der Waals surface area contributed by atoms with E-state index in [-0.39, 0.29) is 0 Å². The first-order chi connectivity index (χ1) is 26.6. The lowest BCUT2D eigenvalue weighted by Gasteiger charge is -1.97. The maximum absolute atomic E-state index is 10.1. The van der Waals surface area contributed by atoms with E-state index in [1.165, 1.54) is 16.7 Å². The summed E-state index contributed by atoms with van der Waals surface area (Å²) in [5, 5.41) is 0. The quantitative estimate of drug-likeness (QED) is 0.0690. The maximum Gasteiger partial charge on any atom is 0.189 e. The van der Waals surface area contributed by atoms with Crippen LogP contribution in [0, 0.1) is 33.9 Å². The number of anilines is 2. The number of nitrogens with zero attached hydrogens (tertiary/aromatic N) is 4. The van der Waals surface area contributed by atoms with E-state index >= 15 is 0 Å². The number of aromatic nitrogens is 4. The van der Waals surface area contributed by atoms with Gasteiger partial charge in [0, 0.05) is 28.9 Å². The molecule has 0 unspecified atom stereocenters. The van der Waals surface area contributed by atoms with Crippen molar-refractivity contribution >= 4 is 51.1 Å². The minimum absolute atomic E-state index is 0.466. The summed E-state index contributed by atoms with van der Waals surface area (Å²) < 4.78 is 0. The number of hydrogen-bond acceptors (Lipinski definition) is 6. The van der Waals surface area contributed by atoms with Crippen LogP contribution in [-0.2, 0) is 6.54 Å². The summed E-state index contributed by atoms with van der Waals surface area (Å²) in [4.78, 5) is 32.4. The molecule has 2 heterocycles. The van der Waals surface area contributed by atoms with E-state index in [0.717, 1.165) is 62.3 Å². The van der Waals surface area contributed by atoms with Crippen LogP contribution in [0.4, 0.5) is 22.7 Å². The fourth-order valence-corrected chi connectivity index (χ4v) is 5.22. The molecule has 0 bridgehead atoms. The lowest BCUT2D eigenvalue weighted by Crippen LogP contribution is -1.95. The minimum Gasteiger partial charge on any atom is -0.398 e. The summed E-state index contributed by atoms with van der Waals surface area (Å²) in [5.41, 5.74) is 30.1. The molecule has 55 heavy (non-hydrogen) atoms. The van der Waals surface area contributed by atoms with Crippen LogP contribution in [0.2, 0.25) is 0 Å². The Bertz CT molecular complexity index is 2610. The van der Waals surface area contributed by atoms with E-state index in [9.17, 15) is 4.79 Å². The molecule has 272 valence electrons. The zero-order chi connectivity index (χ0) is 39.3. The van der Waals surface area contributed by atoms with E-state index in [0.29, 0.717) is 29.3 Å². The number of hydrogen-bond donors (Lipinski definition) is 5. The van der Waals surface area contributed by atoms with E-state index < -0.39 is 0 Å². The van der Waals surface area contributed by atoms with Gasteiger partial charge in [-0.15, -0.1) is 0 Å². The van der Waals surface area contributed by atoms with Crippen molar-refractivity contribution in [1.82, 2.24) is 19.9 Å². The molecule has 8 rings (SSSR count). The molecule has 10 nitrogen and oxygen atoms in total. The van der Waals surface area contributed by atoms with Crippen molar-refractivity contribution in [3.05, 3.63) is 178 Å².